The molecule has 0 unspecified atom stereocenters. The topological polar surface area (TPSA) is 97.5 Å². The highest BCUT2D eigenvalue weighted by Crippen LogP contribution is 2.20. The van der Waals surface area contributed by atoms with Crippen molar-refractivity contribution in [1.29, 1.82) is 0 Å². The molecule has 156 valence electrons. The summed E-state index contributed by atoms with van der Waals surface area (Å²) >= 11 is 0. The van der Waals surface area contributed by atoms with E-state index in [-0.39, 0.29) is 23.9 Å². The van der Waals surface area contributed by atoms with Gasteiger partial charge in [0, 0.05) is 5.69 Å². The molecule has 1 amide bonds. The van der Waals surface area contributed by atoms with E-state index in [0.29, 0.717) is 11.3 Å². The Labute approximate surface area is 170 Å². The zero-order valence-electron chi connectivity index (χ0n) is 17.8. The first-order valence-electron chi connectivity index (χ1n) is 9.55. The number of amides is 1. The molecule has 1 heterocycles. The number of benzene rings is 1. The lowest BCUT2D eigenvalue weighted by Gasteiger charge is -2.16. The number of ether oxygens (including phenoxy) is 2. The molecule has 1 aromatic heterocycles. The molecule has 2 aromatic rings. The standard InChI is InChI=1S/C22H28N2O5/c1-7-28-22(27)20-14(4)19(16(6)24-20)21(26)29-11-18(25)23-15(5)17-9-8-12(2)13(3)10-17/h8-10,15,24H,7,11H2,1-6H3,(H,23,25)/t15-/m1/s1. The third kappa shape index (κ3) is 5.25. The number of aromatic amines is 1. The maximum Gasteiger partial charge on any atom is 0.355 e. The number of rotatable bonds is 7. The lowest BCUT2D eigenvalue weighted by atomic mass is 10.0. The lowest BCUT2D eigenvalue weighted by molar-refractivity contribution is -0.124. The van der Waals surface area contributed by atoms with Crippen molar-refractivity contribution >= 4 is 17.8 Å². The number of aryl methyl sites for hydroxylation is 3. The Morgan fingerprint density at radius 3 is 2.34 bits per heavy atom. The second-order valence-electron chi connectivity index (χ2n) is 7.05. The minimum Gasteiger partial charge on any atom is -0.461 e. The van der Waals surface area contributed by atoms with E-state index in [2.05, 4.69) is 10.3 Å². The number of H-pyrrole nitrogens is 1. The number of hydrogen-bond donors (Lipinski definition) is 2. The summed E-state index contributed by atoms with van der Waals surface area (Å²) in [6.45, 7) is 10.7. The lowest BCUT2D eigenvalue weighted by Crippen LogP contribution is -2.31. The Morgan fingerprint density at radius 2 is 1.72 bits per heavy atom. The van der Waals surface area contributed by atoms with Gasteiger partial charge in [0.15, 0.2) is 6.61 Å². The van der Waals surface area contributed by atoms with Gasteiger partial charge in [-0.1, -0.05) is 18.2 Å². The minimum absolute atomic E-state index is 0.212. The third-order valence-electron chi connectivity index (χ3n) is 4.86. The Kier molecular flexibility index (Phi) is 7.20. The molecule has 2 rings (SSSR count). The molecule has 1 atom stereocenters. The second kappa shape index (κ2) is 9.41. The van der Waals surface area contributed by atoms with E-state index >= 15 is 0 Å². The van der Waals surface area contributed by atoms with Crippen molar-refractivity contribution in [1.82, 2.24) is 10.3 Å². The normalized spacial score (nSPS) is 11.7. The summed E-state index contributed by atoms with van der Waals surface area (Å²) in [5.41, 5.74) is 4.68. The van der Waals surface area contributed by atoms with Crippen molar-refractivity contribution < 1.29 is 23.9 Å². The largest absolute Gasteiger partial charge is 0.461 e. The van der Waals surface area contributed by atoms with Crippen LogP contribution >= 0.6 is 0 Å². The fourth-order valence-corrected chi connectivity index (χ4v) is 3.07. The van der Waals surface area contributed by atoms with Gasteiger partial charge in [0.1, 0.15) is 5.69 Å². The van der Waals surface area contributed by atoms with Gasteiger partial charge in [-0.3, -0.25) is 4.79 Å². The first-order valence-corrected chi connectivity index (χ1v) is 9.55. The average molecular weight is 400 g/mol. The van der Waals surface area contributed by atoms with E-state index in [1.165, 1.54) is 5.56 Å². The van der Waals surface area contributed by atoms with Crippen LogP contribution in [0.1, 0.15) is 68.7 Å². The summed E-state index contributed by atoms with van der Waals surface area (Å²) in [6, 6.07) is 5.77. The number of nitrogens with one attached hydrogen (secondary N) is 2. The highest BCUT2D eigenvalue weighted by atomic mass is 16.5. The fraction of sp³-hybridized carbons (Fsp3) is 0.409. The molecule has 0 aliphatic carbocycles. The molecule has 7 heteroatoms. The quantitative estimate of drug-likeness (QED) is 0.694. The van der Waals surface area contributed by atoms with E-state index in [1.54, 1.807) is 20.8 Å². The van der Waals surface area contributed by atoms with Crippen molar-refractivity contribution in [3.63, 3.8) is 0 Å². The van der Waals surface area contributed by atoms with E-state index < -0.39 is 24.5 Å². The molecule has 0 bridgehead atoms. The Bertz CT molecular complexity index is 930. The molecular weight excluding hydrogens is 372 g/mol. The number of carbonyl (C=O) groups excluding carboxylic acids is 3. The molecule has 2 N–H and O–H groups in total. The Hall–Kier alpha value is -3.09. The average Bonchev–Trinajstić information content (AvgIpc) is 2.96. The van der Waals surface area contributed by atoms with Crippen LogP contribution in [0.15, 0.2) is 18.2 Å². The summed E-state index contributed by atoms with van der Waals surface area (Å²) in [7, 11) is 0. The van der Waals surface area contributed by atoms with E-state index in [1.807, 2.05) is 39.0 Å². The van der Waals surface area contributed by atoms with Gasteiger partial charge in [0.05, 0.1) is 18.2 Å². The molecule has 0 fully saturated rings. The summed E-state index contributed by atoms with van der Waals surface area (Å²) < 4.78 is 10.1. The maximum atomic E-state index is 12.4. The predicted molar refractivity (Wildman–Crippen MR) is 109 cm³/mol. The number of esters is 2. The van der Waals surface area contributed by atoms with Gasteiger partial charge in [0.2, 0.25) is 0 Å². The van der Waals surface area contributed by atoms with Crippen molar-refractivity contribution in [3.05, 3.63) is 57.4 Å². The van der Waals surface area contributed by atoms with Crippen LogP contribution in [0.2, 0.25) is 0 Å². The first kappa shape index (κ1) is 22.2. The Balaban J connectivity index is 1.99. The highest BCUT2D eigenvalue weighted by Gasteiger charge is 2.24. The molecule has 0 saturated heterocycles. The van der Waals surface area contributed by atoms with Crippen LogP contribution in [-0.4, -0.2) is 36.0 Å². The van der Waals surface area contributed by atoms with Gasteiger partial charge in [-0.15, -0.1) is 0 Å². The van der Waals surface area contributed by atoms with Gasteiger partial charge < -0.3 is 19.8 Å². The van der Waals surface area contributed by atoms with Crippen molar-refractivity contribution in [2.24, 2.45) is 0 Å². The van der Waals surface area contributed by atoms with Gasteiger partial charge in [-0.05, 0) is 63.8 Å². The molecule has 1 aromatic carbocycles. The smallest absolute Gasteiger partial charge is 0.355 e. The molecule has 0 aliphatic rings. The SMILES string of the molecule is CCOC(=O)c1[nH]c(C)c(C(=O)OCC(=O)N[C@H](C)c2ccc(C)c(C)c2)c1C. The molecule has 7 nitrogen and oxygen atoms in total. The zero-order valence-corrected chi connectivity index (χ0v) is 17.8. The second-order valence-corrected chi connectivity index (χ2v) is 7.05. The molecule has 0 spiro atoms. The van der Waals surface area contributed by atoms with E-state index in [9.17, 15) is 14.4 Å². The van der Waals surface area contributed by atoms with Crippen LogP contribution in [0.5, 0.6) is 0 Å². The van der Waals surface area contributed by atoms with Crippen LogP contribution in [0.4, 0.5) is 0 Å². The van der Waals surface area contributed by atoms with Crippen LogP contribution in [-0.2, 0) is 14.3 Å². The molecule has 29 heavy (non-hydrogen) atoms. The first-order chi connectivity index (χ1) is 13.6. The monoisotopic (exact) mass is 400 g/mol. The van der Waals surface area contributed by atoms with Crippen LogP contribution < -0.4 is 5.32 Å². The van der Waals surface area contributed by atoms with Gasteiger partial charge in [0.25, 0.3) is 5.91 Å². The molecular formula is C22H28N2O5. The van der Waals surface area contributed by atoms with Crippen molar-refractivity contribution in [3.8, 4) is 0 Å². The summed E-state index contributed by atoms with van der Waals surface area (Å²) in [5, 5.41) is 2.82. The van der Waals surface area contributed by atoms with E-state index in [4.69, 9.17) is 9.47 Å². The number of carbonyl (C=O) groups is 3. The zero-order chi connectivity index (χ0) is 21.7. The minimum atomic E-state index is -0.666. The molecule has 0 radical (unpaired) electrons. The molecule has 0 saturated carbocycles. The van der Waals surface area contributed by atoms with Crippen molar-refractivity contribution in [2.45, 2.75) is 47.6 Å². The van der Waals surface area contributed by atoms with E-state index in [0.717, 1.165) is 11.1 Å². The predicted octanol–water partition coefficient (Wildman–Crippen LogP) is 3.46. The van der Waals surface area contributed by atoms with Crippen LogP contribution in [0, 0.1) is 27.7 Å². The number of aromatic nitrogens is 1. The fourth-order valence-electron chi connectivity index (χ4n) is 3.07. The van der Waals surface area contributed by atoms with Gasteiger partial charge in [-0.2, -0.15) is 0 Å². The molecule has 0 aliphatic heterocycles. The Morgan fingerprint density at radius 1 is 1.03 bits per heavy atom. The van der Waals surface area contributed by atoms with Crippen LogP contribution in [0.25, 0.3) is 0 Å². The maximum absolute atomic E-state index is 12.4. The summed E-state index contributed by atoms with van der Waals surface area (Å²) in [4.78, 5) is 39.5. The third-order valence-corrected chi connectivity index (χ3v) is 4.86. The number of hydrogen-bond acceptors (Lipinski definition) is 5. The van der Waals surface area contributed by atoms with Gasteiger partial charge in [-0.25, -0.2) is 9.59 Å². The van der Waals surface area contributed by atoms with Crippen LogP contribution in [0.3, 0.4) is 0 Å². The summed E-state index contributed by atoms with van der Waals surface area (Å²) in [6.07, 6.45) is 0. The highest BCUT2D eigenvalue weighted by molar-refractivity contribution is 5.99. The van der Waals surface area contributed by atoms with Gasteiger partial charge >= 0.3 is 11.9 Å². The van der Waals surface area contributed by atoms with Crippen molar-refractivity contribution in [2.75, 3.05) is 13.2 Å². The summed E-state index contributed by atoms with van der Waals surface area (Å²) in [5.74, 6) is -1.60.